The van der Waals surface area contributed by atoms with Gasteiger partial charge in [-0.3, -0.25) is 18.6 Å². The van der Waals surface area contributed by atoms with Crippen LogP contribution in [0.4, 0.5) is 0 Å². The maximum absolute atomic E-state index is 10.6. The standard InChI is InChI=1S/C3H12NO9P3.Co.3H3N/c5-14(6,7)1-4(2-15(8,9)10)3-16(11,12)13;;;;/h1-3H2,(H2,5,6,7)(H2,8,9,10)(H2,11,12,13);;3*1H3/p+4. The summed E-state index contributed by atoms with van der Waals surface area (Å²) >= 11 is 0. The molecule has 0 aliphatic carbocycles. The summed E-state index contributed by atoms with van der Waals surface area (Å²) in [4.78, 5) is 51.6. The van der Waals surface area contributed by atoms with Crippen molar-refractivity contribution in [2.24, 2.45) is 0 Å². The minimum atomic E-state index is -4.65. The number of rotatable bonds is 6. The summed E-state index contributed by atoms with van der Waals surface area (Å²) in [7, 11) is -14.0. The van der Waals surface area contributed by atoms with Crippen LogP contribution in [-0.4, -0.2) is 53.1 Å². The van der Waals surface area contributed by atoms with Crippen molar-refractivity contribution in [1.82, 2.24) is 23.4 Å². The summed E-state index contributed by atoms with van der Waals surface area (Å²) in [5.74, 6) is 0. The zero-order valence-corrected chi connectivity index (χ0v) is 14.9. The monoisotopic (exact) mass is 413 g/mol. The molecule has 20 heavy (non-hydrogen) atoms. The fourth-order valence-electron chi connectivity index (χ4n) is 0.916. The number of hydrogen-bond donors (Lipinski definition) is 9. The van der Waals surface area contributed by atoms with E-state index in [0.717, 1.165) is 0 Å². The van der Waals surface area contributed by atoms with Gasteiger partial charge in [0.15, 0.2) is 0 Å². The molecule has 0 rings (SSSR count). The van der Waals surface area contributed by atoms with Gasteiger partial charge in [0.25, 0.3) is 0 Å². The third kappa shape index (κ3) is 23.9. The molecule has 17 heteroatoms. The fourth-order valence-corrected chi connectivity index (χ4v) is 3.55. The largest absolute Gasteiger partial charge is 1.00 e. The molecule has 0 saturated carbocycles. The van der Waals surface area contributed by atoms with Gasteiger partial charge in [-0.1, -0.05) is 0 Å². The summed E-state index contributed by atoms with van der Waals surface area (Å²) in [6.07, 6.45) is -3.41. The Morgan fingerprint density at radius 3 is 0.900 bits per heavy atom. The van der Waals surface area contributed by atoms with Crippen LogP contribution >= 0.6 is 22.8 Å². The van der Waals surface area contributed by atoms with Crippen LogP contribution in [0.1, 0.15) is 1.43 Å². The quantitative estimate of drug-likeness (QED) is 0.261. The van der Waals surface area contributed by atoms with Crippen LogP contribution in [-0.2, 0) is 30.5 Å². The maximum Gasteiger partial charge on any atom is 1.00 e. The number of quaternary nitrogens is 3. The van der Waals surface area contributed by atoms with Crippen LogP contribution in [0.15, 0.2) is 0 Å². The van der Waals surface area contributed by atoms with Gasteiger partial charge in [0.05, 0.1) is 0 Å². The van der Waals surface area contributed by atoms with E-state index in [4.69, 9.17) is 29.4 Å². The molecule has 0 aromatic heterocycles. The van der Waals surface area contributed by atoms with Crippen molar-refractivity contribution in [3.8, 4) is 0 Å². The second-order valence-corrected chi connectivity index (χ2v) is 7.93. The van der Waals surface area contributed by atoms with Crippen LogP contribution in [0.2, 0.25) is 0 Å². The first-order valence-corrected chi connectivity index (χ1v) is 9.04. The summed E-state index contributed by atoms with van der Waals surface area (Å²) in [6, 6.07) is 0. The van der Waals surface area contributed by atoms with E-state index in [1.807, 2.05) is 0 Å². The average molecular weight is 413 g/mol. The molecule has 1 radical (unpaired) electrons. The number of hydrogen-bond acceptors (Lipinski definition) is 4. The van der Waals surface area contributed by atoms with Crippen LogP contribution in [0, 0.1) is 0 Å². The molecule has 18 N–H and O–H groups in total. The minimum Gasteiger partial charge on any atom is -0.369 e. The molecule has 0 amide bonds. The Labute approximate surface area is 127 Å². The molecule has 0 aliphatic heterocycles. The van der Waals surface area contributed by atoms with Gasteiger partial charge in [-0.2, -0.15) is 0 Å². The van der Waals surface area contributed by atoms with Crippen molar-refractivity contribution in [3.63, 3.8) is 0 Å². The van der Waals surface area contributed by atoms with Gasteiger partial charge in [-0.25, -0.2) is 0 Å². The average Bonchev–Trinajstić information content (AvgIpc) is 1.70. The van der Waals surface area contributed by atoms with Crippen molar-refractivity contribution in [2.45, 2.75) is 0 Å². The molecule has 0 unspecified atom stereocenters. The zero-order chi connectivity index (χ0) is 13.2. The summed E-state index contributed by atoms with van der Waals surface area (Å²) in [6.45, 7) is 0. The normalized spacial score (nSPS) is 11.6. The van der Waals surface area contributed by atoms with E-state index in [2.05, 4.69) is 0 Å². The van der Waals surface area contributed by atoms with E-state index in [9.17, 15) is 13.7 Å². The first-order chi connectivity index (χ1) is 6.79. The Morgan fingerprint density at radius 2 is 0.800 bits per heavy atom. The molecule has 13 nitrogen and oxygen atoms in total. The van der Waals surface area contributed by atoms with E-state index in [1.54, 1.807) is 0 Å². The molecule has 0 bridgehead atoms. The zero-order valence-electron chi connectivity index (χ0n) is 12.2. The second kappa shape index (κ2) is 11.4. The van der Waals surface area contributed by atoms with Gasteiger partial charge in [0, 0.05) is 16.8 Å². The first kappa shape index (κ1) is 32.7. The molecule has 0 aliphatic rings. The first-order valence-electron chi connectivity index (χ1n) is 3.65. The van der Waals surface area contributed by atoms with Crippen LogP contribution < -0.4 is 18.5 Å². The van der Waals surface area contributed by atoms with E-state index in [-0.39, 0.29) is 36.7 Å². The van der Waals surface area contributed by atoms with Gasteiger partial charge >= 0.3 is 24.2 Å². The third-order valence-corrected chi connectivity index (χ3v) is 3.46. The molecular formula is C3H25CoN4O9P3+4. The second-order valence-electron chi connectivity index (χ2n) is 3.09. The van der Waals surface area contributed by atoms with Crippen LogP contribution in [0.3, 0.4) is 0 Å². The van der Waals surface area contributed by atoms with Crippen LogP contribution in [0.5, 0.6) is 0 Å². The van der Waals surface area contributed by atoms with E-state index in [1.165, 1.54) is 0 Å². The third-order valence-electron chi connectivity index (χ3n) is 1.15. The predicted molar refractivity (Wildman–Crippen MR) is 71.6 cm³/mol. The van der Waals surface area contributed by atoms with E-state index in [0.29, 0.717) is 4.90 Å². The van der Waals surface area contributed by atoms with Crippen molar-refractivity contribution >= 4 is 22.8 Å². The molecule has 0 aromatic rings. The smallest absolute Gasteiger partial charge is 0.369 e. The SMILES string of the molecule is O=P(O)(O)CN(CP(=O)(O)O)CP(=O)(O)O.[Co].[H+].[NH4+].[NH4+].[NH4+]. The predicted octanol–water partition coefficient (Wildman–Crippen LogP) is -0.0674. The van der Waals surface area contributed by atoms with Crippen molar-refractivity contribution in [3.05, 3.63) is 0 Å². The Hall–Kier alpha value is 0.796. The molecule has 131 valence electrons. The van der Waals surface area contributed by atoms with Crippen molar-refractivity contribution in [1.29, 1.82) is 0 Å². The number of nitrogens with zero attached hydrogens (tertiary/aromatic N) is 1. The fraction of sp³-hybridized carbons (Fsp3) is 1.00. The van der Waals surface area contributed by atoms with E-state index >= 15 is 0 Å². The minimum absolute atomic E-state index is 0. The molecule has 0 spiro atoms. The summed E-state index contributed by atoms with van der Waals surface area (Å²) < 4.78 is 31.7. The van der Waals surface area contributed by atoms with Gasteiger partial charge < -0.3 is 47.8 Å². The Kier molecular flexibility index (Phi) is 18.6. The maximum atomic E-state index is 10.6. The Morgan fingerprint density at radius 1 is 0.650 bits per heavy atom. The Bertz CT molecular complexity index is 325. The molecule has 0 atom stereocenters. The molecular weight excluding hydrogens is 388 g/mol. The summed E-state index contributed by atoms with van der Waals surface area (Å²) in [5, 5.41) is 0. The van der Waals surface area contributed by atoms with Gasteiger partial charge in [0.2, 0.25) is 0 Å². The summed E-state index contributed by atoms with van der Waals surface area (Å²) in [5.41, 5.74) is 0. The Balaban J connectivity index is -0.000000112. The molecule has 0 aromatic carbocycles. The van der Waals surface area contributed by atoms with E-state index < -0.39 is 41.6 Å². The van der Waals surface area contributed by atoms with Gasteiger partial charge in [-0.05, 0) is 0 Å². The van der Waals surface area contributed by atoms with Gasteiger partial charge in [-0.15, -0.1) is 0 Å². The topological polar surface area (TPSA) is 285 Å². The molecule has 0 heterocycles. The molecule has 0 saturated heterocycles. The van der Waals surface area contributed by atoms with Crippen molar-refractivity contribution in [2.75, 3.05) is 18.9 Å². The van der Waals surface area contributed by atoms with Gasteiger partial charge in [0.1, 0.15) is 18.9 Å². The molecule has 0 fully saturated rings. The van der Waals surface area contributed by atoms with Crippen molar-refractivity contribution < 1.29 is 61.3 Å². The van der Waals surface area contributed by atoms with Crippen LogP contribution in [0.25, 0.3) is 0 Å².